The Morgan fingerprint density at radius 2 is 1.86 bits per heavy atom. The monoisotopic (exact) mass is 527 g/mol. The molecule has 0 saturated carbocycles. The molecular formula is C21H27ClIN5O. The summed E-state index contributed by atoms with van der Waals surface area (Å²) in [6, 6.07) is 11.5. The van der Waals surface area contributed by atoms with Crippen LogP contribution in [0.3, 0.4) is 0 Å². The van der Waals surface area contributed by atoms with Gasteiger partial charge in [0.05, 0.1) is 6.42 Å². The normalized spacial score (nSPS) is 14.4. The number of pyridine rings is 1. The molecule has 8 heteroatoms. The molecule has 1 aromatic carbocycles. The van der Waals surface area contributed by atoms with Crippen molar-refractivity contribution in [2.24, 2.45) is 4.99 Å². The summed E-state index contributed by atoms with van der Waals surface area (Å²) >= 11 is 6.01. The highest BCUT2D eigenvalue weighted by molar-refractivity contribution is 14.0. The van der Waals surface area contributed by atoms with Gasteiger partial charge in [-0.15, -0.1) is 24.0 Å². The fourth-order valence-corrected chi connectivity index (χ4v) is 3.43. The SMILES string of the molecule is CN=C(NCc1ccc(C)nc1)N1CCN(C(=O)Cc2cccc(Cl)c2)CC1.I. The van der Waals surface area contributed by atoms with Gasteiger partial charge in [-0.25, -0.2) is 0 Å². The van der Waals surface area contributed by atoms with Crippen molar-refractivity contribution in [3.05, 3.63) is 64.4 Å². The highest BCUT2D eigenvalue weighted by Crippen LogP contribution is 2.13. The fraction of sp³-hybridized carbons (Fsp3) is 0.381. The third-order valence-corrected chi connectivity index (χ3v) is 5.05. The fourth-order valence-electron chi connectivity index (χ4n) is 3.22. The lowest BCUT2D eigenvalue weighted by Crippen LogP contribution is -2.53. The second-order valence-electron chi connectivity index (χ2n) is 6.88. The number of guanidine groups is 1. The van der Waals surface area contributed by atoms with Gasteiger partial charge in [0.15, 0.2) is 5.96 Å². The third-order valence-electron chi connectivity index (χ3n) is 4.81. The molecule has 0 atom stereocenters. The number of benzene rings is 1. The highest BCUT2D eigenvalue weighted by atomic mass is 127. The summed E-state index contributed by atoms with van der Waals surface area (Å²) in [5.41, 5.74) is 3.07. The van der Waals surface area contributed by atoms with Gasteiger partial charge in [-0.2, -0.15) is 0 Å². The molecule has 3 rings (SSSR count). The van der Waals surface area contributed by atoms with Gasteiger partial charge in [-0.1, -0.05) is 29.8 Å². The Kier molecular flexibility index (Phi) is 9.16. The number of carbonyl (C=O) groups is 1. The smallest absolute Gasteiger partial charge is 0.227 e. The molecule has 1 amide bonds. The van der Waals surface area contributed by atoms with Crippen LogP contribution < -0.4 is 5.32 Å². The predicted octanol–water partition coefficient (Wildman–Crippen LogP) is 3.12. The van der Waals surface area contributed by atoms with E-state index in [1.165, 1.54) is 0 Å². The molecule has 1 aromatic heterocycles. The van der Waals surface area contributed by atoms with Crippen LogP contribution in [0.15, 0.2) is 47.6 Å². The second kappa shape index (κ2) is 11.3. The van der Waals surface area contributed by atoms with Crippen LogP contribution in [0.2, 0.25) is 5.02 Å². The maximum Gasteiger partial charge on any atom is 0.227 e. The number of nitrogens with zero attached hydrogens (tertiary/aromatic N) is 4. The van der Waals surface area contributed by atoms with Crippen molar-refractivity contribution in [1.29, 1.82) is 0 Å². The van der Waals surface area contributed by atoms with Gasteiger partial charge in [-0.3, -0.25) is 14.8 Å². The molecule has 1 N–H and O–H groups in total. The van der Waals surface area contributed by atoms with Gasteiger partial charge >= 0.3 is 0 Å². The van der Waals surface area contributed by atoms with Crippen LogP contribution in [0.1, 0.15) is 16.8 Å². The van der Waals surface area contributed by atoms with Crippen molar-refractivity contribution in [1.82, 2.24) is 20.1 Å². The zero-order chi connectivity index (χ0) is 19.9. The summed E-state index contributed by atoms with van der Waals surface area (Å²) in [6.07, 6.45) is 2.26. The van der Waals surface area contributed by atoms with E-state index in [0.29, 0.717) is 31.1 Å². The summed E-state index contributed by atoms with van der Waals surface area (Å²) in [7, 11) is 1.78. The maximum absolute atomic E-state index is 12.6. The van der Waals surface area contributed by atoms with Crippen LogP contribution in [-0.2, 0) is 17.8 Å². The van der Waals surface area contributed by atoms with E-state index >= 15 is 0 Å². The average molecular weight is 528 g/mol. The molecule has 0 radical (unpaired) electrons. The Labute approximate surface area is 194 Å². The zero-order valence-corrected chi connectivity index (χ0v) is 19.9. The predicted molar refractivity (Wildman–Crippen MR) is 128 cm³/mol. The Morgan fingerprint density at radius 3 is 2.48 bits per heavy atom. The Balaban J connectivity index is 0.00000300. The standard InChI is InChI=1S/C21H26ClN5O.HI/c1-16-6-7-18(14-24-16)15-25-21(23-2)27-10-8-26(9-11-27)20(28)13-17-4-3-5-19(22)12-17;/h3-7,12,14H,8-11,13,15H2,1-2H3,(H,23,25);1H. The molecule has 1 aliphatic heterocycles. The highest BCUT2D eigenvalue weighted by Gasteiger charge is 2.23. The molecule has 1 aliphatic rings. The number of aromatic nitrogens is 1. The number of nitrogens with one attached hydrogen (secondary N) is 1. The van der Waals surface area contributed by atoms with E-state index in [0.717, 1.165) is 35.9 Å². The van der Waals surface area contributed by atoms with Gasteiger partial charge < -0.3 is 15.1 Å². The van der Waals surface area contributed by atoms with E-state index in [1.807, 2.05) is 48.4 Å². The van der Waals surface area contributed by atoms with Crippen molar-refractivity contribution < 1.29 is 4.79 Å². The molecule has 0 spiro atoms. The van der Waals surface area contributed by atoms with Crippen LogP contribution in [0.4, 0.5) is 0 Å². The van der Waals surface area contributed by atoms with Crippen LogP contribution in [0.5, 0.6) is 0 Å². The number of halogens is 2. The Hall–Kier alpha value is -1.87. The molecule has 0 bridgehead atoms. The molecule has 6 nitrogen and oxygen atoms in total. The first kappa shape index (κ1) is 23.4. The second-order valence-corrected chi connectivity index (χ2v) is 7.32. The van der Waals surface area contributed by atoms with Crippen molar-refractivity contribution in [3.8, 4) is 0 Å². The molecule has 0 aliphatic carbocycles. The van der Waals surface area contributed by atoms with E-state index < -0.39 is 0 Å². The average Bonchev–Trinajstić information content (AvgIpc) is 2.70. The zero-order valence-electron chi connectivity index (χ0n) is 16.8. The number of aryl methyl sites for hydroxylation is 1. The number of hydrogen-bond acceptors (Lipinski definition) is 3. The summed E-state index contributed by atoms with van der Waals surface area (Å²) in [5, 5.41) is 4.04. The largest absolute Gasteiger partial charge is 0.352 e. The molecular weight excluding hydrogens is 501 g/mol. The van der Waals surface area contributed by atoms with E-state index in [9.17, 15) is 4.79 Å². The van der Waals surface area contributed by atoms with Gasteiger partial charge in [0.25, 0.3) is 0 Å². The minimum Gasteiger partial charge on any atom is -0.352 e. The van der Waals surface area contributed by atoms with Crippen LogP contribution >= 0.6 is 35.6 Å². The van der Waals surface area contributed by atoms with E-state index in [4.69, 9.17) is 11.6 Å². The van der Waals surface area contributed by atoms with Crippen molar-refractivity contribution in [3.63, 3.8) is 0 Å². The maximum atomic E-state index is 12.6. The number of aliphatic imine (C=N–C) groups is 1. The first-order valence-electron chi connectivity index (χ1n) is 9.44. The van der Waals surface area contributed by atoms with Crippen molar-refractivity contribution >= 4 is 47.4 Å². The van der Waals surface area contributed by atoms with Gasteiger partial charge in [-0.05, 0) is 36.2 Å². The van der Waals surface area contributed by atoms with Gasteiger partial charge in [0.1, 0.15) is 0 Å². The van der Waals surface area contributed by atoms with Crippen LogP contribution in [0.25, 0.3) is 0 Å². The molecule has 29 heavy (non-hydrogen) atoms. The summed E-state index contributed by atoms with van der Waals surface area (Å²) in [6.45, 7) is 5.54. The molecule has 1 saturated heterocycles. The molecule has 2 heterocycles. The lowest BCUT2D eigenvalue weighted by atomic mass is 10.1. The molecule has 0 unspecified atom stereocenters. The quantitative estimate of drug-likeness (QED) is 0.377. The first-order chi connectivity index (χ1) is 13.5. The number of piperazine rings is 1. The number of hydrogen-bond donors (Lipinski definition) is 1. The van der Waals surface area contributed by atoms with E-state index in [2.05, 4.69) is 26.3 Å². The van der Waals surface area contributed by atoms with Gasteiger partial charge in [0, 0.05) is 56.7 Å². The first-order valence-corrected chi connectivity index (χ1v) is 9.82. The Morgan fingerprint density at radius 1 is 1.14 bits per heavy atom. The number of amides is 1. The van der Waals surface area contributed by atoms with Crippen molar-refractivity contribution in [2.75, 3.05) is 33.2 Å². The van der Waals surface area contributed by atoms with Crippen LogP contribution in [0, 0.1) is 6.92 Å². The van der Waals surface area contributed by atoms with E-state index in [1.54, 1.807) is 7.05 Å². The minimum absolute atomic E-state index is 0. The molecule has 2 aromatic rings. The Bertz CT molecular complexity index is 835. The summed E-state index contributed by atoms with van der Waals surface area (Å²) in [5.74, 6) is 0.984. The lowest BCUT2D eigenvalue weighted by Gasteiger charge is -2.36. The summed E-state index contributed by atoms with van der Waals surface area (Å²) < 4.78 is 0. The number of rotatable bonds is 4. The van der Waals surface area contributed by atoms with E-state index in [-0.39, 0.29) is 29.9 Å². The molecule has 1 fully saturated rings. The molecule has 156 valence electrons. The topological polar surface area (TPSA) is 60.8 Å². The third kappa shape index (κ3) is 6.85. The number of carbonyl (C=O) groups excluding carboxylic acids is 1. The minimum atomic E-state index is 0. The van der Waals surface area contributed by atoms with Gasteiger partial charge in [0.2, 0.25) is 5.91 Å². The van der Waals surface area contributed by atoms with Crippen molar-refractivity contribution in [2.45, 2.75) is 19.9 Å². The lowest BCUT2D eigenvalue weighted by molar-refractivity contribution is -0.131. The summed E-state index contributed by atoms with van der Waals surface area (Å²) in [4.78, 5) is 25.4. The van der Waals surface area contributed by atoms with Crippen LogP contribution in [-0.4, -0.2) is 59.9 Å².